The van der Waals surface area contributed by atoms with Crippen molar-refractivity contribution < 1.29 is 18.7 Å². The van der Waals surface area contributed by atoms with Gasteiger partial charge in [0.25, 0.3) is 5.91 Å². The highest BCUT2D eigenvalue weighted by Crippen LogP contribution is 2.16. The van der Waals surface area contributed by atoms with Crippen LogP contribution < -0.4 is 5.32 Å². The Labute approximate surface area is 123 Å². The van der Waals surface area contributed by atoms with E-state index >= 15 is 0 Å². The monoisotopic (exact) mass is 294 g/mol. The van der Waals surface area contributed by atoms with E-state index in [0.29, 0.717) is 19.6 Å². The molecular weight excluding hydrogens is 275 g/mol. The van der Waals surface area contributed by atoms with Crippen LogP contribution in [0.5, 0.6) is 0 Å². The summed E-state index contributed by atoms with van der Waals surface area (Å²) in [5, 5.41) is 3.05. The van der Waals surface area contributed by atoms with Gasteiger partial charge in [0.1, 0.15) is 11.9 Å². The van der Waals surface area contributed by atoms with Crippen LogP contribution >= 0.6 is 0 Å². The number of halogens is 1. The molecule has 0 saturated carbocycles. The largest absolute Gasteiger partial charge is 0.464 e. The Morgan fingerprint density at radius 1 is 1.48 bits per heavy atom. The molecule has 1 unspecified atom stereocenters. The number of aryl methyl sites for hydroxylation is 1. The predicted molar refractivity (Wildman–Crippen MR) is 75.5 cm³/mol. The van der Waals surface area contributed by atoms with E-state index in [1.807, 2.05) is 0 Å². The lowest BCUT2D eigenvalue weighted by Crippen LogP contribution is -2.57. The average Bonchev–Trinajstić information content (AvgIpc) is 2.47. The number of carbonyl (C=O) groups is 2. The first-order valence-electron chi connectivity index (χ1n) is 6.99. The fourth-order valence-electron chi connectivity index (χ4n) is 2.34. The van der Waals surface area contributed by atoms with Crippen molar-refractivity contribution in [2.75, 3.05) is 26.2 Å². The minimum atomic E-state index is -0.716. The highest BCUT2D eigenvalue weighted by Gasteiger charge is 2.34. The molecule has 1 atom stereocenters. The molecule has 0 radical (unpaired) electrons. The number of hydrogen-bond acceptors (Lipinski definition) is 4. The van der Waals surface area contributed by atoms with Crippen LogP contribution in [0.4, 0.5) is 4.39 Å². The molecule has 114 valence electrons. The van der Waals surface area contributed by atoms with Crippen LogP contribution in [0.3, 0.4) is 0 Å². The van der Waals surface area contributed by atoms with Gasteiger partial charge in [-0.15, -0.1) is 0 Å². The molecule has 1 aromatic carbocycles. The molecule has 1 heterocycles. The first-order valence-corrected chi connectivity index (χ1v) is 6.99. The van der Waals surface area contributed by atoms with Gasteiger partial charge in [-0.1, -0.05) is 6.07 Å². The third kappa shape index (κ3) is 3.39. The molecule has 1 saturated heterocycles. The SMILES string of the molecule is CCOC(=O)C1CNCCN1C(=O)c1ccc(C)cc1F. The minimum absolute atomic E-state index is 0.0169. The van der Waals surface area contributed by atoms with Crippen LogP contribution in [0.1, 0.15) is 22.8 Å². The van der Waals surface area contributed by atoms with Gasteiger partial charge in [0, 0.05) is 19.6 Å². The van der Waals surface area contributed by atoms with Crippen molar-refractivity contribution in [1.29, 1.82) is 0 Å². The van der Waals surface area contributed by atoms with E-state index in [2.05, 4.69) is 5.32 Å². The maximum atomic E-state index is 14.0. The number of hydrogen-bond donors (Lipinski definition) is 1. The molecule has 6 heteroatoms. The van der Waals surface area contributed by atoms with E-state index in [1.54, 1.807) is 19.9 Å². The summed E-state index contributed by atoms with van der Waals surface area (Å²) >= 11 is 0. The van der Waals surface area contributed by atoms with Gasteiger partial charge in [0.15, 0.2) is 0 Å². The molecular formula is C15H19FN2O3. The van der Waals surface area contributed by atoms with Crippen molar-refractivity contribution in [2.45, 2.75) is 19.9 Å². The molecule has 1 aliphatic rings. The lowest BCUT2D eigenvalue weighted by atomic mass is 10.1. The topological polar surface area (TPSA) is 58.6 Å². The van der Waals surface area contributed by atoms with Crippen LogP contribution in [0.2, 0.25) is 0 Å². The normalized spacial score (nSPS) is 18.4. The Balaban J connectivity index is 2.24. The predicted octanol–water partition coefficient (Wildman–Crippen LogP) is 1.11. The van der Waals surface area contributed by atoms with Crippen LogP contribution in [0.15, 0.2) is 18.2 Å². The second kappa shape index (κ2) is 6.67. The number of amides is 1. The molecule has 0 spiro atoms. The number of benzene rings is 1. The number of carbonyl (C=O) groups excluding carboxylic acids is 2. The maximum Gasteiger partial charge on any atom is 0.330 e. The molecule has 0 aromatic heterocycles. The van der Waals surface area contributed by atoms with Gasteiger partial charge in [-0.05, 0) is 31.5 Å². The summed E-state index contributed by atoms with van der Waals surface area (Å²) in [7, 11) is 0. The summed E-state index contributed by atoms with van der Waals surface area (Å²) in [6.07, 6.45) is 0. The molecule has 5 nitrogen and oxygen atoms in total. The van der Waals surface area contributed by atoms with Crippen molar-refractivity contribution in [1.82, 2.24) is 10.2 Å². The quantitative estimate of drug-likeness (QED) is 0.849. The summed E-state index contributed by atoms with van der Waals surface area (Å²) in [4.78, 5) is 25.8. The molecule has 0 bridgehead atoms. The lowest BCUT2D eigenvalue weighted by Gasteiger charge is -2.34. The Bertz CT molecular complexity index is 548. The fourth-order valence-corrected chi connectivity index (χ4v) is 2.34. The van der Waals surface area contributed by atoms with E-state index in [4.69, 9.17) is 4.74 Å². The molecule has 1 aliphatic heterocycles. The fraction of sp³-hybridized carbons (Fsp3) is 0.467. The zero-order valence-electron chi connectivity index (χ0n) is 12.2. The molecule has 1 N–H and O–H groups in total. The van der Waals surface area contributed by atoms with E-state index in [9.17, 15) is 14.0 Å². The van der Waals surface area contributed by atoms with Gasteiger partial charge >= 0.3 is 5.97 Å². The van der Waals surface area contributed by atoms with Crippen LogP contribution in [-0.4, -0.2) is 49.1 Å². The Hall–Kier alpha value is -1.95. The van der Waals surface area contributed by atoms with E-state index in [-0.39, 0.29) is 12.2 Å². The number of nitrogens with one attached hydrogen (secondary N) is 1. The van der Waals surface area contributed by atoms with Gasteiger partial charge in [-0.2, -0.15) is 0 Å². The molecule has 0 aliphatic carbocycles. The number of esters is 1. The van der Waals surface area contributed by atoms with Crippen molar-refractivity contribution in [2.24, 2.45) is 0 Å². The minimum Gasteiger partial charge on any atom is -0.464 e. The molecule has 1 aromatic rings. The third-order valence-corrected chi connectivity index (χ3v) is 3.42. The second-order valence-electron chi connectivity index (χ2n) is 4.95. The van der Waals surface area contributed by atoms with Crippen molar-refractivity contribution in [3.63, 3.8) is 0 Å². The zero-order valence-corrected chi connectivity index (χ0v) is 12.2. The second-order valence-corrected chi connectivity index (χ2v) is 4.95. The summed E-state index contributed by atoms with van der Waals surface area (Å²) in [6, 6.07) is 3.73. The number of piperazine rings is 1. The standard InChI is InChI=1S/C15H19FN2O3/c1-3-21-15(20)13-9-17-6-7-18(13)14(19)11-5-4-10(2)8-12(11)16/h4-5,8,13,17H,3,6-7,9H2,1-2H3. The van der Waals surface area contributed by atoms with Gasteiger partial charge in [-0.25, -0.2) is 9.18 Å². The lowest BCUT2D eigenvalue weighted by molar-refractivity contribution is -0.149. The molecule has 21 heavy (non-hydrogen) atoms. The summed E-state index contributed by atoms with van der Waals surface area (Å²) in [6.45, 7) is 4.93. The summed E-state index contributed by atoms with van der Waals surface area (Å²) < 4.78 is 18.9. The van der Waals surface area contributed by atoms with Gasteiger partial charge in [0.2, 0.25) is 0 Å². The first-order chi connectivity index (χ1) is 10.0. The van der Waals surface area contributed by atoms with Crippen LogP contribution in [0, 0.1) is 12.7 Å². The molecule has 1 amide bonds. The van der Waals surface area contributed by atoms with E-state index in [1.165, 1.54) is 17.0 Å². The smallest absolute Gasteiger partial charge is 0.330 e. The number of nitrogens with zero attached hydrogens (tertiary/aromatic N) is 1. The Morgan fingerprint density at radius 2 is 2.24 bits per heavy atom. The van der Waals surface area contributed by atoms with Gasteiger partial charge < -0.3 is 15.0 Å². The summed E-state index contributed by atoms with van der Waals surface area (Å²) in [5.41, 5.74) is 0.725. The van der Waals surface area contributed by atoms with Gasteiger partial charge in [0.05, 0.1) is 12.2 Å². The van der Waals surface area contributed by atoms with Crippen molar-refractivity contribution in [3.05, 3.63) is 35.1 Å². The zero-order chi connectivity index (χ0) is 15.4. The average molecular weight is 294 g/mol. The Kier molecular flexibility index (Phi) is 4.90. The Morgan fingerprint density at radius 3 is 2.90 bits per heavy atom. The summed E-state index contributed by atoms with van der Waals surface area (Å²) in [5.74, 6) is -1.52. The third-order valence-electron chi connectivity index (χ3n) is 3.42. The van der Waals surface area contributed by atoms with Crippen molar-refractivity contribution >= 4 is 11.9 Å². The first kappa shape index (κ1) is 15.4. The molecule has 2 rings (SSSR count). The number of ether oxygens (including phenoxy) is 1. The highest BCUT2D eigenvalue weighted by atomic mass is 19.1. The van der Waals surface area contributed by atoms with E-state index in [0.717, 1.165) is 5.56 Å². The van der Waals surface area contributed by atoms with Gasteiger partial charge in [-0.3, -0.25) is 4.79 Å². The van der Waals surface area contributed by atoms with Crippen LogP contribution in [-0.2, 0) is 9.53 Å². The molecule has 1 fully saturated rings. The van der Waals surface area contributed by atoms with E-state index < -0.39 is 23.7 Å². The van der Waals surface area contributed by atoms with Crippen molar-refractivity contribution in [3.8, 4) is 0 Å². The highest BCUT2D eigenvalue weighted by molar-refractivity contribution is 5.97. The number of rotatable bonds is 3. The van der Waals surface area contributed by atoms with Crippen LogP contribution in [0.25, 0.3) is 0 Å². The maximum absolute atomic E-state index is 14.0.